The highest BCUT2D eigenvalue weighted by molar-refractivity contribution is 6.13. The lowest BCUT2D eigenvalue weighted by Gasteiger charge is -2.22. The molecule has 0 amide bonds. The molecule has 2 nitrogen and oxygen atoms in total. The van der Waals surface area contributed by atoms with E-state index >= 15 is 0 Å². The Labute approximate surface area is 243 Å². The molecule has 0 radical (unpaired) electrons. The van der Waals surface area contributed by atoms with Crippen LogP contribution in [0.3, 0.4) is 0 Å². The summed E-state index contributed by atoms with van der Waals surface area (Å²) in [6.07, 6.45) is 0. The van der Waals surface area contributed by atoms with E-state index in [2.05, 4.69) is 133 Å². The lowest BCUT2D eigenvalue weighted by molar-refractivity contribution is 0.487. The number of fused-ring (bicyclic) bond motifs is 5. The van der Waals surface area contributed by atoms with Gasteiger partial charge >= 0.3 is 0 Å². The minimum Gasteiger partial charge on any atom is -0.456 e. The number of furan rings is 1. The van der Waals surface area contributed by atoms with Gasteiger partial charge in [-0.3, -0.25) is 0 Å². The van der Waals surface area contributed by atoms with Crippen LogP contribution in [0.1, 0.15) is 0 Å². The third-order valence-corrected chi connectivity index (χ3v) is 8.54. The highest BCUT2D eigenvalue weighted by Gasteiger charge is 2.22. The third kappa shape index (κ3) is 3.39. The minimum absolute atomic E-state index is 0.839. The van der Waals surface area contributed by atoms with E-state index in [1.54, 1.807) is 0 Å². The van der Waals surface area contributed by atoms with Crippen LogP contribution in [0.2, 0.25) is 0 Å². The third-order valence-electron chi connectivity index (χ3n) is 8.54. The quantitative estimate of drug-likeness (QED) is 0.210. The van der Waals surface area contributed by atoms with Crippen LogP contribution in [0, 0.1) is 0 Å². The van der Waals surface area contributed by atoms with Crippen LogP contribution in [0.5, 0.6) is 11.5 Å². The van der Waals surface area contributed by atoms with E-state index in [4.69, 9.17) is 9.15 Å². The fraction of sp³-hybridized carbons (Fsp3) is 0. The smallest absolute Gasteiger partial charge is 0.135 e. The van der Waals surface area contributed by atoms with Gasteiger partial charge in [0.2, 0.25) is 0 Å². The Hall–Kier alpha value is -5.60. The van der Waals surface area contributed by atoms with Crippen molar-refractivity contribution in [1.29, 1.82) is 0 Å². The molecule has 8 aromatic rings. The van der Waals surface area contributed by atoms with Gasteiger partial charge in [0.1, 0.15) is 23.0 Å². The first kappa shape index (κ1) is 23.1. The highest BCUT2D eigenvalue weighted by Crippen LogP contribution is 2.49. The predicted molar refractivity (Wildman–Crippen MR) is 173 cm³/mol. The molecule has 0 aliphatic carbocycles. The van der Waals surface area contributed by atoms with Crippen LogP contribution < -0.4 is 4.74 Å². The van der Waals surface area contributed by atoms with Crippen LogP contribution >= 0.6 is 0 Å². The van der Waals surface area contributed by atoms with E-state index in [0.717, 1.165) is 56.0 Å². The Morgan fingerprint density at radius 2 is 0.976 bits per heavy atom. The van der Waals surface area contributed by atoms with Crippen LogP contribution in [-0.4, -0.2) is 0 Å². The van der Waals surface area contributed by atoms with E-state index in [0.29, 0.717) is 0 Å². The number of ether oxygens (including phenoxy) is 1. The first-order valence-electron chi connectivity index (χ1n) is 14.3. The molecule has 1 aliphatic heterocycles. The van der Waals surface area contributed by atoms with Crippen molar-refractivity contribution in [3.63, 3.8) is 0 Å². The van der Waals surface area contributed by atoms with Crippen molar-refractivity contribution < 1.29 is 9.15 Å². The summed E-state index contributed by atoms with van der Waals surface area (Å²) in [7, 11) is 0. The van der Waals surface area contributed by atoms with Crippen LogP contribution in [0.15, 0.2) is 150 Å². The molecular formula is C40H24O2. The molecule has 1 aliphatic rings. The minimum atomic E-state index is 0.839. The van der Waals surface area contributed by atoms with Crippen molar-refractivity contribution >= 4 is 32.3 Å². The summed E-state index contributed by atoms with van der Waals surface area (Å²) < 4.78 is 13.0. The number of rotatable bonds is 3. The first-order valence-corrected chi connectivity index (χ1v) is 14.3. The molecule has 0 saturated heterocycles. The zero-order valence-electron chi connectivity index (χ0n) is 22.7. The van der Waals surface area contributed by atoms with Crippen LogP contribution in [-0.2, 0) is 0 Å². The number of benzene rings is 7. The fourth-order valence-electron chi connectivity index (χ4n) is 6.63. The average molecular weight is 537 g/mol. The van der Waals surface area contributed by atoms with Gasteiger partial charge in [-0.15, -0.1) is 0 Å². The van der Waals surface area contributed by atoms with Gasteiger partial charge in [0.25, 0.3) is 0 Å². The lowest BCUT2D eigenvalue weighted by Crippen LogP contribution is -1.97. The molecule has 0 fully saturated rings. The van der Waals surface area contributed by atoms with Gasteiger partial charge in [-0.1, -0.05) is 115 Å². The molecule has 2 heteroatoms. The predicted octanol–water partition coefficient (Wildman–Crippen LogP) is 11.5. The summed E-state index contributed by atoms with van der Waals surface area (Å²) in [6, 6.07) is 51.2. The molecule has 9 rings (SSSR count). The van der Waals surface area contributed by atoms with Crippen molar-refractivity contribution in [2.45, 2.75) is 0 Å². The molecule has 196 valence electrons. The molecular weight excluding hydrogens is 512 g/mol. The Bertz CT molecular complexity index is 2340. The summed E-state index contributed by atoms with van der Waals surface area (Å²) in [6.45, 7) is 0. The average Bonchev–Trinajstić information content (AvgIpc) is 3.55. The Morgan fingerprint density at radius 1 is 0.310 bits per heavy atom. The van der Waals surface area contributed by atoms with Gasteiger partial charge in [0, 0.05) is 22.1 Å². The van der Waals surface area contributed by atoms with Crippen LogP contribution in [0.4, 0.5) is 0 Å². The number of hydrogen-bond donors (Lipinski definition) is 0. The van der Waals surface area contributed by atoms with Gasteiger partial charge in [-0.2, -0.15) is 0 Å². The maximum absolute atomic E-state index is 6.67. The van der Waals surface area contributed by atoms with Gasteiger partial charge in [0.15, 0.2) is 0 Å². The normalized spacial score (nSPS) is 12.0. The summed E-state index contributed by atoms with van der Waals surface area (Å²) in [4.78, 5) is 0. The Balaban J connectivity index is 1.19. The molecule has 7 aromatic carbocycles. The van der Waals surface area contributed by atoms with Crippen molar-refractivity contribution in [3.05, 3.63) is 146 Å². The summed E-state index contributed by atoms with van der Waals surface area (Å²) >= 11 is 0. The maximum atomic E-state index is 6.67. The van der Waals surface area contributed by atoms with Crippen molar-refractivity contribution in [2.24, 2.45) is 0 Å². The molecule has 2 heterocycles. The maximum Gasteiger partial charge on any atom is 0.135 e. The summed E-state index contributed by atoms with van der Waals surface area (Å²) in [5.41, 5.74) is 6.78. The van der Waals surface area contributed by atoms with Gasteiger partial charge in [0.05, 0.1) is 0 Å². The molecule has 0 bridgehead atoms. The molecule has 0 spiro atoms. The largest absolute Gasteiger partial charge is 0.456 e. The van der Waals surface area contributed by atoms with E-state index in [-0.39, 0.29) is 0 Å². The molecule has 0 atom stereocenters. The molecule has 1 aromatic heterocycles. The monoisotopic (exact) mass is 536 g/mol. The van der Waals surface area contributed by atoms with E-state index in [1.807, 2.05) is 12.1 Å². The molecule has 0 saturated carbocycles. The Morgan fingerprint density at radius 3 is 1.88 bits per heavy atom. The summed E-state index contributed by atoms with van der Waals surface area (Å²) in [5, 5.41) is 7.25. The fourth-order valence-corrected chi connectivity index (χ4v) is 6.63. The number of para-hydroxylation sites is 1. The summed E-state index contributed by atoms with van der Waals surface area (Å²) in [5.74, 6) is 3.46. The van der Waals surface area contributed by atoms with Gasteiger partial charge in [-0.05, 0) is 74.0 Å². The number of hydrogen-bond acceptors (Lipinski definition) is 2. The lowest BCUT2D eigenvalue weighted by atomic mass is 9.92. The van der Waals surface area contributed by atoms with Crippen molar-refractivity contribution in [2.75, 3.05) is 0 Å². The molecule has 42 heavy (non-hydrogen) atoms. The Kier molecular flexibility index (Phi) is 4.93. The second kappa shape index (κ2) is 8.95. The topological polar surface area (TPSA) is 22.4 Å². The van der Waals surface area contributed by atoms with E-state index < -0.39 is 0 Å². The van der Waals surface area contributed by atoms with Crippen molar-refractivity contribution in [1.82, 2.24) is 0 Å². The van der Waals surface area contributed by atoms with Gasteiger partial charge < -0.3 is 9.15 Å². The van der Waals surface area contributed by atoms with Gasteiger partial charge in [-0.25, -0.2) is 0 Å². The van der Waals surface area contributed by atoms with Crippen LogP contribution in [0.25, 0.3) is 77.2 Å². The van der Waals surface area contributed by atoms with E-state index in [1.165, 1.54) is 32.7 Å². The SMILES string of the molecule is c1ccc2c(c1)Oc1ccc(-c3ccc(-c4ccccc4-c4cccc5c4ccc4ccccc45)o3)c3cccc-2c13. The standard InChI is InChI=1S/C40H24O2/c1-2-10-26-25(9-1)19-20-30-27(26)14-7-15-28(30)29-11-3-4-12-31(29)37-23-24-38(41-37)33-21-22-39-40-34(16-8-17-35(33)40)32-13-5-6-18-36(32)42-39/h1-24H. The second-order valence-electron chi connectivity index (χ2n) is 10.8. The molecule has 0 unspecified atom stereocenters. The first-order chi connectivity index (χ1) is 20.8. The zero-order chi connectivity index (χ0) is 27.6. The zero-order valence-corrected chi connectivity index (χ0v) is 22.7. The molecule has 0 N–H and O–H groups in total. The van der Waals surface area contributed by atoms with E-state index in [9.17, 15) is 0 Å². The van der Waals surface area contributed by atoms with Crippen molar-refractivity contribution in [3.8, 4) is 56.4 Å². The second-order valence-corrected chi connectivity index (χ2v) is 10.8. The highest BCUT2D eigenvalue weighted by atomic mass is 16.5.